The molecule has 7 nitrogen and oxygen atoms in total. The molecule has 0 radical (unpaired) electrons. The molecule has 134 valence electrons. The third-order valence-corrected chi connectivity index (χ3v) is 4.43. The summed E-state index contributed by atoms with van der Waals surface area (Å²) in [6.07, 6.45) is -0.444. The number of furan rings is 1. The van der Waals surface area contributed by atoms with Crippen LogP contribution in [0.5, 0.6) is 0 Å². The second kappa shape index (κ2) is 6.42. The van der Waals surface area contributed by atoms with E-state index >= 15 is 0 Å². The monoisotopic (exact) mass is 353 g/mol. The topological polar surface area (TPSA) is 88.4 Å². The Morgan fingerprint density at radius 3 is 2.92 bits per heavy atom. The molecule has 4 rings (SSSR count). The fourth-order valence-electron chi connectivity index (χ4n) is 3.25. The van der Waals surface area contributed by atoms with Crippen molar-refractivity contribution in [2.75, 3.05) is 19.7 Å². The Morgan fingerprint density at radius 2 is 2.12 bits per heavy atom. The molecule has 1 fully saturated rings. The van der Waals surface area contributed by atoms with Crippen LogP contribution in [0.1, 0.15) is 33.7 Å². The lowest BCUT2D eigenvalue weighted by Gasteiger charge is -2.32. The first-order valence-electron chi connectivity index (χ1n) is 8.48. The van der Waals surface area contributed by atoms with Crippen LogP contribution in [0.15, 0.2) is 39.5 Å². The van der Waals surface area contributed by atoms with E-state index in [0.717, 1.165) is 16.7 Å². The lowest BCUT2D eigenvalue weighted by Crippen LogP contribution is -2.43. The van der Waals surface area contributed by atoms with Crippen molar-refractivity contribution >= 4 is 16.9 Å². The standard InChI is InChI=1S/C19H19N3O4/c1-11-7-17(23)21-18(20-11)16-10-22(5-6-25-16)19(24)13-3-4-15-14(9-13)8-12(2)26-15/h3-4,7-9,16H,5-6,10H2,1-2H3,(H,20,21,23). The summed E-state index contributed by atoms with van der Waals surface area (Å²) in [6, 6.07) is 8.76. The number of H-pyrrole nitrogens is 1. The van der Waals surface area contributed by atoms with Crippen LogP contribution in [0.2, 0.25) is 0 Å². The lowest BCUT2D eigenvalue weighted by atomic mass is 10.1. The highest BCUT2D eigenvalue weighted by atomic mass is 16.5. The van der Waals surface area contributed by atoms with Gasteiger partial charge in [0.05, 0.1) is 13.2 Å². The van der Waals surface area contributed by atoms with Crippen LogP contribution < -0.4 is 5.56 Å². The van der Waals surface area contributed by atoms with Crippen LogP contribution in [-0.4, -0.2) is 40.5 Å². The molecule has 3 heterocycles. The largest absolute Gasteiger partial charge is 0.461 e. The number of aromatic amines is 1. The zero-order valence-corrected chi connectivity index (χ0v) is 14.6. The second-order valence-corrected chi connectivity index (χ2v) is 6.49. The Kier molecular flexibility index (Phi) is 4.08. The van der Waals surface area contributed by atoms with Crippen LogP contribution in [0.3, 0.4) is 0 Å². The summed E-state index contributed by atoms with van der Waals surface area (Å²) in [5.41, 5.74) is 1.77. The van der Waals surface area contributed by atoms with Gasteiger partial charge in [-0.2, -0.15) is 0 Å². The number of aromatic nitrogens is 2. The lowest BCUT2D eigenvalue weighted by molar-refractivity contribution is -0.0269. The van der Waals surface area contributed by atoms with E-state index < -0.39 is 6.10 Å². The quantitative estimate of drug-likeness (QED) is 0.764. The van der Waals surface area contributed by atoms with E-state index in [1.165, 1.54) is 6.07 Å². The van der Waals surface area contributed by atoms with E-state index in [9.17, 15) is 9.59 Å². The van der Waals surface area contributed by atoms with Gasteiger partial charge in [0.25, 0.3) is 11.5 Å². The van der Waals surface area contributed by atoms with E-state index in [-0.39, 0.29) is 11.5 Å². The van der Waals surface area contributed by atoms with Gasteiger partial charge in [0, 0.05) is 29.3 Å². The molecular weight excluding hydrogens is 334 g/mol. The van der Waals surface area contributed by atoms with Gasteiger partial charge in [0.15, 0.2) is 0 Å². The summed E-state index contributed by atoms with van der Waals surface area (Å²) in [7, 11) is 0. The SMILES string of the molecule is Cc1cc(=O)[nH]c(C2CN(C(=O)c3ccc4oc(C)cc4c3)CCO2)n1. The molecule has 1 N–H and O–H groups in total. The fourth-order valence-corrected chi connectivity index (χ4v) is 3.25. The average Bonchev–Trinajstić information content (AvgIpc) is 2.99. The molecular formula is C19H19N3O4. The number of hydrogen-bond donors (Lipinski definition) is 1. The first kappa shape index (κ1) is 16.5. The minimum Gasteiger partial charge on any atom is -0.461 e. The molecule has 1 atom stereocenters. The minimum absolute atomic E-state index is 0.0750. The van der Waals surface area contributed by atoms with Crippen LogP contribution in [-0.2, 0) is 4.74 Å². The highest BCUT2D eigenvalue weighted by Crippen LogP contribution is 2.23. The number of aryl methyl sites for hydroxylation is 2. The summed E-state index contributed by atoms with van der Waals surface area (Å²) >= 11 is 0. The Hall–Kier alpha value is -2.93. The van der Waals surface area contributed by atoms with Crippen molar-refractivity contribution in [3.05, 3.63) is 63.5 Å². The number of carbonyl (C=O) groups excluding carboxylic acids is 1. The molecule has 7 heteroatoms. The van der Waals surface area contributed by atoms with Crippen LogP contribution in [0, 0.1) is 13.8 Å². The molecule has 0 bridgehead atoms. The maximum absolute atomic E-state index is 12.9. The van der Waals surface area contributed by atoms with E-state index in [0.29, 0.717) is 36.8 Å². The van der Waals surface area contributed by atoms with Gasteiger partial charge in [0.1, 0.15) is 23.3 Å². The van der Waals surface area contributed by atoms with Crippen LogP contribution >= 0.6 is 0 Å². The maximum Gasteiger partial charge on any atom is 0.254 e. The van der Waals surface area contributed by atoms with Crippen LogP contribution in [0.4, 0.5) is 0 Å². The minimum atomic E-state index is -0.444. The first-order chi connectivity index (χ1) is 12.5. The van der Waals surface area contributed by atoms with E-state index in [1.807, 2.05) is 25.1 Å². The number of benzene rings is 1. The molecule has 1 saturated heterocycles. The molecule has 2 aromatic heterocycles. The number of carbonyl (C=O) groups is 1. The number of nitrogens with one attached hydrogen (secondary N) is 1. The van der Waals surface area contributed by atoms with Crippen molar-refractivity contribution in [3.8, 4) is 0 Å². The number of amides is 1. The summed E-state index contributed by atoms with van der Waals surface area (Å²) in [5, 5.41) is 0.905. The van der Waals surface area contributed by atoms with Gasteiger partial charge in [-0.3, -0.25) is 9.59 Å². The van der Waals surface area contributed by atoms with Crippen molar-refractivity contribution < 1.29 is 13.9 Å². The number of hydrogen-bond acceptors (Lipinski definition) is 5. The Labute approximate surface area is 149 Å². The van der Waals surface area contributed by atoms with Crippen molar-refractivity contribution in [3.63, 3.8) is 0 Å². The third kappa shape index (κ3) is 3.13. The molecule has 1 amide bonds. The molecule has 1 unspecified atom stereocenters. The van der Waals surface area contributed by atoms with Gasteiger partial charge in [-0.15, -0.1) is 0 Å². The maximum atomic E-state index is 12.9. The van der Waals surface area contributed by atoms with E-state index in [2.05, 4.69) is 9.97 Å². The number of nitrogens with zero attached hydrogens (tertiary/aromatic N) is 2. The highest BCUT2D eigenvalue weighted by molar-refractivity contribution is 5.97. The Bertz CT molecular complexity index is 1040. The molecule has 0 spiro atoms. The van der Waals surface area contributed by atoms with E-state index in [1.54, 1.807) is 17.9 Å². The van der Waals surface area contributed by atoms with Crippen molar-refractivity contribution in [2.24, 2.45) is 0 Å². The Morgan fingerprint density at radius 1 is 1.27 bits per heavy atom. The van der Waals surface area contributed by atoms with Crippen molar-refractivity contribution in [1.29, 1.82) is 0 Å². The van der Waals surface area contributed by atoms with E-state index in [4.69, 9.17) is 9.15 Å². The molecule has 0 aliphatic carbocycles. The van der Waals surface area contributed by atoms with Gasteiger partial charge in [-0.05, 0) is 38.1 Å². The Balaban J connectivity index is 1.58. The predicted octanol–water partition coefficient (Wildman–Crippen LogP) is 2.35. The number of ether oxygens (including phenoxy) is 1. The normalized spacial score (nSPS) is 17.6. The number of fused-ring (bicyclic) bond motifs is 1. The molecule has 1 aromatic carbocycles. The van der Waals surface area contributed by atoms with Gasteiger partial charge in [0.2, 0.25) is 0 Å². The molecule has 0 saturated carbocycles. The first-order valence-corrected chi connectivity index (χ1v) is 8.48. The zero-order chi connectivity index (χ0) is 18.3. The fraction of sp³-hybridized carbons (Fsp3) is 0.316. The van der Waals surface area contributed by atoms with Gasteiger partial charge < -0.3 is 19.0 Å². The predicted molar refractivity (Wildman–Crippen MR) is 95.1 cm³/mol. The summed E-state index contributed by atoms with van der Waals surface area (Å²) in [4.78, 5) is 33.4. The molecule has 1 aliphatic heterocycles. The zero-order valence-electron chi connectivity index (χ0n) is 14.6. The van der Waals surface area contributed by atoms with Gasteiger partial charge in [-0.1, -0.05) is 0 Å². The summed E-state index contributed by atoms with van der Waals surface area (Å²) < 4.78 is 11.3. The number of morpholine rings is 1. The molecule has 1 aliphatic rings. The second-order valence-electron chi connectivity index (χ2n) is 6.49. The van der Waals surface area contributed by atoms with Crippen molar-refractivity contribution in [2.45, 2.75) is 20.0 Å². The third-order valence-electron chi connectivity index (χ3n) is 4.43. The van der Waals surface area contributed by atoms with Gasteiger partial charge >= 0.3 is 0 Å². The van der Waals surface area contributed by atoms with Crippen LogP contribution in [0.25, 0.3) is 11.0 Å². The molecule has 3 aromatic rings. The van der Waals surface area contributed by atoms with Crippen molar-refractivity contribution in [1.82, 2.24) is 14.9 Å². The smallest absolute Gasteiger partial charge is 0.254 e. The summed E-state index contributed by atoms with van der Waals surface area (Å²) in [6.45, 7) is 4.86. The van der Waals surface area contributed by atoms with Gasteiger partial charge in [-0.25, -0.2) is 4.98 Å². The average molecular weight is 353 g/mol. The number of rotatable bonds is 2. The molecule has 26 heavy (non-hydrogen) atoms. The summed E-state index contributed by atoms with van der Waals surface area (Å²) in [5.74, 6) is 1.19. The highest BCUT2D eigenvalue weighted by Gasteiger charge is 2.28.